The number of hydrogen-bond donors (Lipinski definition) is 0. The standard InChI is InChI=1S/C14H12Cl3N/c1-7-4-8(2)12(9(3)5-7)13-10(15)6-11(16)14(17)18-13/h4-6H,1-3H3. The third kappa shape index (κ3) is 2.49. The SMILES string of the molecule is Cc1cc(C)c(-c2nc(Cl)c(Cl)cc2Cl)c(C)c1. The number of aryl methyl sites for hydroxylation is 3. The Morgan fingerprint density at radius 3 is 1.94 bits per heavy atom. The molecule has 1 aromatic carbocycles. The lowest BCUT2D eigenvalue weighted by molar-refractivity contribution is 1.26. The van der Waals surface area contributed by atoms with Gasteiger partial charge in [-0.15, -0.1) is 0 Å². The second-order valence-corrected chi connectivity index (χ2v) is 5.54. The van der Waals surface area contributed by atoms with Crippen molar-refractivity contribution in [3.63, 3.8) is 0 Å². The first-order valence-electron chi connectivity index (χ1n) is 5.50. The lowest BCUT2D eigenvalue weighted by atomic mass is 9.97. The molecule has 4 heteroatoms. The van der Waals surface area contributed by atoms with Gasteiger partial charge in [0, 0.05) is 5.56 Å². The Bertz CT molecular complexity index is 598. The molecule has 0 aliphatic heterocycles. The van der Waals surface area contributed by atoms with E-state index in [1.54, 1.807) is 6.07 Å². The molecule has 1 heterocycles. The van der Waals surface area contributed by atoms with E-state index in [-0.39, 0.29) is 5.15 Å². The molecule has 0 saturated heterocycles. The van der Waals surface area contributed by atoms with Gasteiger partial charge < -0.3 is 0 Å². The van der Waals surface area contributed by atoms with Crippen molar-refractivity contribution in [2.24, 2.45) is 0 Å². The number of aromatic nitrogens is 1. The predicted octanol–water partition coefficient (Wildman–Crippen LogP) is 5.63. The maximum absolute atomic E-state index is 6.21. The van der Waals surface area contributed by atoms with E-state index in [0.29, 0.717) is 15.7 Å². The highest BCUT2D eigenvalue weighted by atomic mass is 35.5. The minimum atomic E-state index is 0.274. The zero-order valence-electron chi connectivity index (χ0n) is 10.3. The van der Waals surface area contributed by atoms with Crippen LogP contribution in [0.2, 0.25) is 15.2 Å². The van der Waals surface area contributed by atoms with E-state index in [2.05, 4.69) is 24.0 Å². The average molecular weight is 301 g/mol. The molecule has 0 N–H and O–H groups in total. The first-order valence-corrected chi connectivity index (χ1v) is 6.63. The van der Waals surface area contributed by atoms with Crippen molar-refractivity contribution in [1.29, 1.82) is 0 Å². The summed E-state index contributed by atoms with van der Waals surface area (Å²) in [4.78, 5) is 4.30. The average Bonchev–Trinajstić information content (AvgIpc) is 2.24. The molecule has 0 unspecified atom stereocenters. The largest absolute Gasteiger partial charge is 0.233 e. The van der Waals surface area contributed by atoms with Crippen molar-refractivity contribution < 1.29 is 0 Å². The molecule has 0 radical (unpaired) electrons. The predicted molar refractivity (Wildman–Crippen MR) is 78.9 cm³/mol. The topological polar surface area (TPSA) is 12.9 Å². The van der Waals surface area contributed by atoms with Gasteiger partial charge in [0.15, 0.2) is 0 Å². The van der Waals surface area contributed by atoms with E-state index in [1.807, 2.05) is 13.8 Å². The summed E-state index contributed by atoms with van der Waals surface area (Å²) in [6, 6.07) is 5.83. The Morgan fingerprint density at radius 1 is 0.833 bits per heavy atom. The highest BCUT2D eigenvalue weighted by molar-refractivity contribution is 6.43. The molecule has 0 saturated carbocycles. The van der Waals surface area contributed by atoms with E-state index in [1.165, 1.54) is 5.56 Å². The minimum absolute atomic E-state index is 0.274. The van der Waals surface area contributed by atoms with Crippen molar-refractivity contribution in [3.8, 4) is 11.3 Å². The van der Waals surface area contributed by atoms with Crippen LogP contribution in [0.25, 0.3) is 11.3 Å². The van der Waals surface area contributed by atoms with E-state index in [0.717, 1.165) is 16.7 Å². The van der Waals surface area contributed by atoms with Gasteiger partial charge in [-0.25, -0.2) is 4.98 Å². The molecular weight excluding hydrogens is 289 g/mol. The van der Waals surface area contributed by atoms with Crippen LogP contribution in [-0.4, -0.2) is 4.98 Å². The number of hydrogen-bond acceptors (Lipinski definition) is 1. The third-order valence-electron chi connectivity index (χ3n) is 2.80. The van der Waals surface area contributed by atoms with Crippen molar-refractivity contribution in [3.05, 3.63) is 50.1 Å². The molecule has 1 nitrogen and oxygen atoms in total. The molecule has 0 aliphatic carbocycles. The number of nitrogens with zero attached hydrogens (tertiary/aromatic N) is 1. The van der Waals surface area contributed by atoms with Crippen LogP contribution in [0, 0.1) is 20.8 Å². The monoisotopic (exact) mass is 299 g/mol. The van der Waals surface area contributed by atoms with Crippen molar-refractivity contribution in [2.75, 3.05) is 0 Å². The van der Waals surface area contributed by atoms with Crippen LogP contribution >= 0.6 is 34.8 Å². The number of halogens is 3. The molecule has 0 bridgehead atoms. The molecule has 1 aromatic heterocycles. The second kappa shape index (κ2) is 5.08. The summed E-state index contributed by atoms with van der Waals surface area (Å²) in [6.07, 6.45) is 0. The van der Waals surface area contributed by atoms with Crippen LogP contribution in [0.3, 0.4) is 0 Å². The third-order valence-corrected chi connectivity index (χ3v) is 3.76. The molecule has 2 rings (SSSR count). The lowest BCUT2D eigenvalue weighted by Gasteiger charge is -2.13. The van der Waals surface area contributed by atoms with Crippen LogP contribution in [0.4, 0.5) is 0 Å². The van der Waals surface area contributed by atoms with E-state index >= 15 is 0 Å². The van der Waals surface area contributed by atoms with Gasteiger partial charge in [0.05, 0.1) is 15.7 Å². The number of benzene rings is 1. The summed E-state index contributed by atoms with van der Waals surface area (Å²) < 4.78 is 0. The number of rotatable bonds is 1. The van der Waals surface area contributed by atoms with Gasteiger partial charge in [0.25, 0.3) is 0 Å². The highest BCUT2D eigenvalue weighted by Crippen LogP contribution is 2.35. The van der Waals surface area contributed by atoms with Gasteiger partial charge in [-0.1, -0.05) is 52.5 Å². The summed E-state index contributed by atoms with van der Waals surface area (Å²) in [6.45, 7) is 6.14. The summed E-state index contributed by atoms with van der Waals surface area (Å²) >= 11 is 18.1. The fourth-order valence-electron chi connectivity index (χ4n) is 2.17. The maximum Gasteiger partial charge on any atom is 0.148 e. The Hall–Kier alpha value is -0.760. The quantitative estimate of drug-likeness (QED) is 0.622. The van der Waals surface area contributed by atoms with Gasteiger partial charge in [-0.3, -0.25) is 0 Å². The van der Waals surface area contributed by atoms with Crippen LogP contribution in [0.1, 0.15) is 16.7 Å². The van der Waals surface area contributed by atoms with Crippen molar-refractivity contribution >= 4 is 34.8 Å². The zero-order chi connectivity index (χ0) is 13.4. The molecule has 0 amide bonds. The number of pyridine rings is 1. The normalized spacial score (nSPS) is 10.8. The molecule has 94 valence electrons. The molecule has 0 spiro atoms. The fraction of sp³-hybridized carbons (Fsp3) is 0.214. The molecule has 18 heavy (non-hydrogen) atoms. The van der Waals surface area contributed by atoms with Gasteiger partial charge in [-0.2, -0.15) is 0 Å². The van der Waals surface area contributed by atoms with Crippen LogP contribution < -0.4 is 0 Å². The van der Waals surface area contributed by atoms with Gasteiger partial charge in [0.1, 0.15) is 5.15 Å². The molecule has 2 aromatic rings. The molecule has 0 aliphatic rings. The van der Waals surface area contributed by atoms with Gasteiger partial charge in [0.2, 0.25) is 0 Å². The Balaban J connectivity index is 2.73. The summed E-state index contributed by atoms with van der Waals surface area (Å²) in [7, 11) is 0. The van der Waals surface area contributed by atoms with Crippen molar-refractivity contribution in [2.45, 2.75) is 20.8 Å². The highest BCUT2D eigenvalue weighted by Gasteiger charge is 2.14. The summed E-state index contributed by atoms with van der Waals surface area (Å²) in [5.41, 5.74) is 5.16. The first-order chi connectivity index (χ1) is 8.40. The van der Waals surface area contributed by atoms with Crippen LogP contribution in [0.15, 0.2) is 18.2 Å². The Kier molecular flexibility index (Phi) is 3.86. The Labute approximate surface area is 122 Å². The van der Waals surface area contributed by atoms with E-state index < -0.39 is 0 Å². The molecular formula is C14H12Cl3N. The molecule has 0 fully saturated rings. The minimum Gasteiger partial charge on any atom is -0.233 e. The van der Waals surface area contributed by atoms with Crippen LogP contribution in [0.5, 0.6) is 0 Å². The van der Waals surface area contributed by atoms with Gasteiger partial charge >= 0.3 is 0 Å². The van der Waals surface area contributed by atoms with Crippen molar-refractivity contribution in [1.82, 2.24) is 4.98 Å². The van der Waals surface area contributed by atoms with E-state index in [9.17, 15) is 0 Å². The Morgan fingerprint density at radius 2 is 1.39 bits per heavy atom. The van der Waals surface area contributed by atoms with Crippen LogP contribution in [-0.2, 0) is 0 Å². The fourth-order valence-corrected chi connectivity index (χ4v) is 2.77. The second-order valence-electron chi connectivity index (χ2n) is 4.37. The maximum atomic E-state index is 6.21. The lowest BCUT2D eigenvalue weighted by Crippen LogP contribution is -1.94. The summed E-state index contributed by atoms with van der Waals surface area (Å²) in [5.74, 6) is 0. The summed E-state index contributed by atoms with van der Waals surface area (Å²) in [5, 5.41) is 1.16. The smallest absolute Gasteiger partial charge is 0.148 e. The first kappa shape index (κ1) is 13.7. The van der Waals surface area contributed by atoms with Gasteiger partial charge in [-0.05, 0) is 38.0 Å². The zero-order valence-corrected chi connectivity index (χ0v) is 12.6. The molecule has 0 atom stereocenters. The van der Waals surface area contributed by atoms with E-state index in [4.69, 9.17) is 34.8 Å².